The van der Waals surface area contributed by atoms with Gasteiger partial charge in [-0.25, -0.2) is 9.50 Å². The Kier molecular flexibility index (Phi) is 6.28. The van der Waals surface area contributed by atoms with Gasteiger partial charge in [0.15, 0.2) is 22.8 Å². The van der Waals surface area contributed by atoms with Gasteiger partial charge in [0.2, 0.25) is 0 Å². The molecule has 0 aliphatic rings. The standard InChI is InChI=1S/C22H15Cl2F3N4O3/c1-33-16-7-6-11(8-17(16)34-2)15-9-18(22(25,26)27)31-20(29-15)12(10-28-31)21(32)30-19-13(23)4-3-5-14(19)24/h3-10H,1-2H3,(H,30,32). The summed E-state index contributed by atoms with van der Waals surface area (Å²) in [6.45, 7) is 0. The molecule has 0 spiro atoms. The highest BCUT2D eigenvalue weighted by Gasteiger charge is 2.36. The number of hydrogen-bond acceptors (Lipinski definition) is 5. The second-order valence-electron chi connectivity index (χ2n) is 6.94. The monoisotopic (exact) mass is 510 g/mol. The van der Waals surface area contributed by atoms with Gasteiger partial charge >= 0.3 is 6.18 Å². The molecule has 1 amide bonds. The molecule has 0 unspecified atom stereocenters. The first-order chi connectivity index (χ1) is 16.1. The van der Waals surface area contributed by atoms with Gasteiger partial charge in [0.25, 0.3) is 5.91 Å². The molecule has 2 heterocycles. The maximum Gasteiger partial charge on any atom is 0.433 e. The molecule has 2 aromatic carbocycles. The maximum atomic E-state index is 13.9. The van der Waals surface area contributed by atoms with Crippen LogP contribution in [0.2, 0.25) is 10.0 Å². The number of nitrogens with zero attached hydrogens (tertiary/aromatic N) is 3. The van der Waals surface area contributed by atoms with Gasteiger partial charge in [0, 0.05) is 5.56 Å². The lowest BCUT2D eigenvalue weighted by Crippen LogP contribution is -2.16. The number of rotatable bonds is 5. The van der Waals surface area contributed by atoms with E-state index in [0.717, 1.165) is 12.3 Å². The normalized spacial score (nSPS) is 11.5. The Labute approximate surface area is 201 Å². The molecule has 1 N–H and O–H groups in total. The summed E-state index contributed by atoms with van der Waals surface area (Å²) in [7, 11) is 2.84. The lowest BCUT2D eigenvalue weighted by atomic mass is 10.1. The van der Waals surface area contributed by atoms with E-state index in [9.17, 15) is 18.0 Å². The number of fused-ring (bicyclic) bond motifs is 1. The number of halogens is 5. The summed E-state index contributed by atoms with van der Waals surface area (Å²) in [5.74, 6) is -0.0884. The van der Waals surface area contributed by atoms with Gasteiger partial charge in [0.05, 0.1) is 41.8 Å². The zero-order valence-corrected chi connectivity index (χ0v) is 19.1. The number of para-hydroxylation sites is 1. The highest BCUT2D eigenvalue weighted by atomic mass is 35.5. The van der Waals surface area contributed by atoms with E-state index >= 15 is 0 Å². The first kappa shape index (κ1) is 23.7. The molecule has 2 aromatic heterocycles. The molecule has 0 aliphatic carbocycles. The Balaban J connectivity index is 1.87. The van der Waals surface area contributed by atoms with E-state index in [4.69, 9.17) is 32.7 Å². The summed E-state index contributed by atoms with van der Waals surface area (Å²) in [6.07, 6.45) is -3.78. The molecule has 34 heavy (non-hydrogen) atoms. The van der Waals surface area contributed by atoms with E-state index in [1.165, 1.54) is 44.6 Å². The highest BCUT2D eigenvalue weighted by molar-refractivity contribution is 6.40. The van der Waals surface area contributed by atoms with Gasteiger partial charge in [-0.3, -0.25) is 4.79 Å². The van der Waals surface area contributed by atoms with Crippen molar-refractivity contribution >= 4 is 40.4 Å². The van der Waals surface area contributed by atoms with E-state index in [-0.39, 0.29) is 32.6 Å². The van der Waals surface area contributed by atoms with Crippen LogP contribution in [-0.4, -0.2) is 34.7 Å². The average Bonchev–Trinajstić information content (AvgIpc) is 3.23. The van der Waals surface area contributed by atoms with Gasteiger partial charge < -0.3 is 14.8 Å². The third kappa shape index (κ3) is 4.34. The number of carbonyl (C=O) groups excluding carboxylic acids is 1. The number of carbonyl (C=O) groups is 1. The molecular formula is C22H15Cl2F3N4O3. The maximum absolute atomic E-state index is 13.9. The van der Waals surface area contributed by atoms with Crippen molar-refractivity contribution in [2.24, 2.45) is 0 Å². The second kappa shape index (κ2) is 9.03. The predicted octanol–water partition coefficient (Wildman–Crippen LogP) is 5.99. The lowest BCUT2D eigenvalue weighted by molar-refractivity contribution is -0.142. The van der Waals surface area contributed by atoms with Crippen molar-refractivity contribution in [2.45, 2.75) is 6.18 Å². The molecular weight excluding hydrogens is 496 g/mol. The number of hydrogen-bond donors (Lipinski definition) is 1. The van der Waals surface area contributed by atoms with Crippen molar-refractivity contribution in [1.29, 1.82) is 0 Å². The summed E-state index contributed by atoms with van der Waals surface area (Å²) in [5, 5.41) is 6.58. The number of benzene rings is 2. The van der Waals surface area contributed by atoms with Crippen LogP contribution in [0.4, 0.5) is 18.9 Å². The molecule has 12 heteroatoms. The van der Waals surface area contributed by atoms with Crippen molar-refractivity contribution < 1.29 is 27.4 Å². The quantitative estimate of drug-likeness (QED) is 0.356. The van der Waals surface area contributed by atoms with Crippen LogP contribution >= 0.6 is 23.2 Å². The molecule has 0 aliphatic heterocycles. The number of anilines is 1. The Hall–Kier alpha value is -3.50. The molecule has 176 valence electrons. The highest BCUT2D eigenvalue weighted by Crippen LogP contribution is 2.36. The van der Waals surface area contributed by atoms with Crippen LogP contribution in [0, 0.1) is 0 Å². The molecule has 0 saturated heterocycles. The van der Waals surface area contributed by atoms with Crippen LogP contribution in [-0.2, 0) is 6.18 Å². The van der Waals surface area contributed by atoms with Crippen molar-refractivity contribution in [3.8, 4) is 22.8 Å². The Morgan fingerprint density at radius 3 is 2.32 bits per heavy atom. The second-order valence-corrected chi connectivity index (χ2v) is 7.75. The van der Waals surface area contributed by atoms with Crippen LogP contribution in [0.5, 0.6) is 11.5 Å². The van der Waals surface area contributed by atoms with Gasteiger partial charge in [-0.15, -0.1) is 0 Å². The molecule has 7 nitrogen and oxygen atoms in total. The van der Waals surface area contributed by atoms with Crippen LogP contribution in [0.25, 0.3) is 16.9 Å². The molecule has 0 saturated carbocycles. The summed E-state index contributed by atoms with van der Waals surface area (Å²) in [5.41, 5.74) is -1.25. The Morgan fingerprint density at radius 2 is 1.71 bits per heavy atom. The molecule has 0 atom stereocenters. The van der Waals surface area contributed by atoms with Gasteiger partial charge in [-0.2, -0.15) is 18.3 Å². The van der Waals surface area contributed by atoms with Crippen molar-refractivity contribution in [2.75, 3.05) is 19.5 Å². The van der Waals surface area contributed by atoms with Crippen LogP contribution < -0.4 is 14.8 Å². The van der Waals surface area contributed by atoms with Crippen LogP contribution in [0.1, 0.15) is 16.1 Å². The zero-order valence-electron chi connectivity index (χ0n) is 17.6. The number of methoxy groups -OCH3 is 2. The smallest absolute Gasteiger partial charge is 0.433 e. The fraction of sp³-hybridized carbons (Fsp3) is 0.136. The summed E-state index contributed by atoms with van der Waals surface area (Å²) >= 11 is 12.2. The average molecular weight is 511 g/mol. The molecule has 0 bridgehead atoms. The third-order valence-corrected chi connectivity index (χ3v) is 5.52. The van der Waals surface area contributed by atoms with E-state index in [2.05, 4.69) is 15.4 Å². The van der Waals surface area contributed by atoms with Gasteiger partial charge in [-0.05, 0) is 36.4 Å². The van der Waals surface area contributed by atoms with E-state index in [0.29, 0.717) is 21.6 Å². The molecule has 4 rings (SSSR count). The molecule has 4 aromatic rings. The number of aromatic nitrogens is 3. The summed E-state index contributed by atoms with van der Waals surface area (Å²) < 4.78 is 52.6. The zero-order chi connectivity index (χ0) is 24.6. The minimum atomic E-state index is -4.78. The van der Waals surface area contributed by atoms with Gasteiger partial charge in [0.1, 0.15) is 5.56 Å². The van der Waals surface area contributed by atoms with Crippen LogP contribution in [0.15, 0.2) is 48.7 Å². The predicted molar refractivity (Wildman–Crippen MR) is 121 cm³/mol. The molecule has 0 fully saturated rings. The Bertz CT molecular complexity index is 1390. The fourth-order valence-electron chi connectivity index (χ4n) is 3.27. The molecule has 0 radical (unpaired) electrons. The van der Waals surface area contributed by atoms with Crippen molar-refractivity contribution in [3.63, 3.8) is 0 Å². The minimum absolute atomic E-state index is 0.0499. The van der Waals surface area contributed by atoms with Crippen molar-refractivity contribution in [3.05, 3.63) is 70.0 Å². The number of amides is 1. The number of ether oxygens (including phenoxy) is 2. The number of nitrogens with one attached hydrogen (secondary N) is 1. The Morgan fingerprint density at radius 1 is 1.03 bits per heavy atom. The topological polar surface area (TPSA) is 77.8 Å². The third-order valence-electron chi connectivity index (χ3n) is 4.89. The van der Waals surface area contributed by atoms with E-state index in [1.54, 1.807) is 6.07 Å². The number of alkyl halides is 3. The van der Waals surface area contributed by atoms with E-state index in [1.807, 2.05) is 0 Å². The lowest BCUT2D eigenvalue weighted by Gasteiger charge is -2.13. The SMILES string of the molecule is COc1ccc(-c2cc(C(F)(F)F)n3ncc(C(=O)Nc4c(Cl)cccc4Cl)c3n2)cc1OC. The van der Waals surface area contributed by atoms with E-state index < -0.39 is 17.8 Å². The first-order valence-electron chi connectivity index (χ1n) is 9.57. The first-order valence-corrected chi connectivity index (χ1v) is 10.3. The van der Waals surface area contributed by atoms with Crippen molar-refractivity contribution in [1.82, 2.24) is 14.6 Å². The summed E-state index contributed by atoms with van der Waals surface area (Å²) in [4.78, 5) is 17.2. The van der Waals surface area contributed by atoms with Crippen LogP contribution in [0.3, 0.4) is 0 Å². The fourth-order valence-corrected chi connectivity index (χ4v) is 3.76. The summed E-state index contributed by atoms with van der Waals surface area (Å²) in [6, 6.07) is 9.99. The minimum Gasteiger partial charge on any atom is -0.493 e. The van der Waals surface area contributed by atoms with Gasteiger partial charge in [-0.1, -0.05) is 29.3 Å². The largest absolute Gasteiger partial charge is 0.493 e.